The number of rotatable bonds is 6. The van der Waals surface area contributed by atoms with Crippen molar-refractivity contribution in [2.45, 2.75) is 32.7 Å². The highest BCUT2D eigenvalue weighted by Gasteiger charge is 2.09. The minimum atomic E-state index is -0.0698. The van der Waals surface area contributed by atoms with E-state index in [0.29, 0.717) is 5.75 Å². The first-order valence-corrected chi connectivity index (χ1v) is 8.03. The van der Waals surface area contributed by atoms with Gasteiger partial charge in [0.1, 0.15) is 5.75 Å². The SMILES string of the molecule is CCC(CC)NC(=O)COc1ccc2cc(Br)ccc2c1. The Hall–Kier alpha value is -1.55. The van der Waals surface area contributed by atoms with Crippen molar-refractivity contribution < 1.29 is 9.53 Å². The van der Waals surface area contributed by atoms with Crippen LogP contribution < -0.4 is 10.1 Å². The first-order chi connectivity index (χ1) is 10.1. The molecule has 1 amide bonds. The quantitative estimate of drug-likeness (QED) is 0.844. The van der Waals surface area contributed by atoms with E-state index in [1.807, 2.05) is 30.3 Å². The molecule has 1 N–H and O–H groups in total. The van der Waals surface area contributed by atoms with Crippen LogP contribution in [0.15, 0.2) is 40.9 Å². The molecule has 0 aromatic heterocycles. The van der Waals surface area contributed by atoms with Gasteiger partial charge < -0.3 is 10.1 Å². The Labute approximate surface area is 133 Å². The molecule has 0 atom stereocenters. The fraction of sp³-hybridized carbons (Fsp3) is 0.353. The Balaban J connectivity index is 1.97. The number of halogens is 1. The predicted octanol–water partition coefficient (Wildman–Crippen LogP) is 4.29. The molecule has 0 saturated heterocycles. The second-order valence-corrected chi connectivity index (χ2v) is 5.94. The van der Waals surface area contributed by atoms with Crippen molar-refractivity contribution in [3.05, 3.63) is 40.9 Å². The second-order valence-electron chi connectivity index (χ2n) is 5.02. The summed E-state index contributed by atoms with van der Waals surface area (Å²) in [5.41, 5.74) is 0. The molecule has 2 aromatic carbocycles. The van der Waals surface area contributed by atoms with Gasteiger partial charge in [-0.05, 0) is 47.9 Å². The molecule has 112 valence electrons. The third-order valence-electron chi connectivity index (χ3n) is 3.49. The molecule has 2 aromatic rings. The zero-order valence-corrected chi connectivity index (χ0v) is 13.9. The minimum Gasteiger partial charge on any atom is -0.484 e. The first-order valence-electron chi connectivity index (χ1n) is 7.23. The summed E-state index contributed by atoms with van der Waals surface area (Å²) >= 11 is 3.45. The van der Waals surface area contributed by atoms with Crippen LogP contribution in [0.5, 0.6) is 5.75 Å². The van der Waals surface area contributed by atoms with Crippen LogP contribution in [0, 0.1) is 0 Å². The highest BCUT2D eigenvalue weighted by Crippen LogP contribution is 2.24. The maximum absolute atomic E-state index is 11.8. The molecule has 0 saturated carbocycles. The largest absolute Gasteiger partial charge is 0.484 e. The Kier molecular flexibility index (Phi) is 5.62. The molecule has 21 heavy (non-hydrogen) atoms. The Bertz CT molecular complexity index is 623. The van der Waals surface area contributed by atoms with Crippen molar-refractivity contribution in [1.29, 1.82) is 0 Å². The molecular formula is C17H20BrNO2. The van der Waals surface area contributed by atoms with Crippen molar-refractivity contribution in [2.75, 3.05) is 6.61 Å². The number of fused-ring (bicyclic) bond motifs is 1. The van der Waals surface area contributed by atoms with E-state index in [0.717, 1.165) is 28.1 Å². The van der Waals surface area contributed by atoms with E-state index in [-0.39, 0.29) is 18.6 Å². The van der Waals surface area contributed by atoms with Crippen LogP contribution in [-0.4, -0.2) is 18.6 Å². The molecule has 0 unspecified atom stereocenters. The third-order valence-corrected chi connectivity index (χ3v) is 3.99. The molecule has 0 aliphatic carbocycles. The van der Waals surface area contributed by atoms with Gasteiger partial charge in [-0.1, -0.05) is 41.9 Å². The van der Waals surface area contributed by atoms with Gasteiger partial charge in [0, 0.05) is 10.5 Å². The summed E-state index contributed by atoms with van der Waals surface area (Å²) in [6.07, 6.45) is 1.88. The summed E-state index contributed by atoms with van der Waals surface area (Å²) in [7, 11) is 0. The van der Waals surface area contributed by atoms with Gasteiger partial charge in [0.05, 0.1) is 0 Å². The molecule has 4 heteroatoms. The van der Waals surface area contributed by atoms with E-state index < -0.39 is 0 Å². The summed E-state index contributed by atoms with van der Waals surface area (Å²) in [6, 6.07) is 12.1. The van der Waals surface area contributed by atoms with Crippen LogP contribution in [0.1, 0.15) is 26.7 Å². The van der Waals surface area contributed by atoms with Crippen LogP contribution in [0.2, 0.25) is 0 Å². The van der Waals surface area contributed by atoms with E-state index in [2.05, 4.69) is 41.2 Å². The molecule has 0 bridgehead atoms. The molecule has 0 aliphatic heterocycles. The number of hydrogen-bond donors (Lipinski definition) is 1. The Morgan fingerprint density at radius 3 is 2.52 bits per heavy atom. The van der Waals surface area contributed by atoms with Gasteiger partial charge in [0.15, 0.2) is 6.61 Å². The summed E-state index contributed by atoms with van der Waals surface area (Å²) in [4.78, 5) is 11.8. The smallest absolute Gasteiger partial charge is 0.258 e. The highest BCUT2D eigenvalue weighted by molar-refractivity contribution is 9.10. The van der Waals surface area contributed by atoms with Gasteiger partial charge in [-0.25, -0.2) is 0 Å². The third kappa shape index (κ3) is 4.46. The summed E-state index contributed by atoms with van der Waals surface area (Å²) in [5.74, 6) is 0.643. The molecule has 2 rings (SSSR count). The minimum absolute atomic E-state index is 0.0541. The summed E-state index contributed by atoms with van der Waals surface area (Å²) in [6.45, 7) is 4.19. The van der Waals surface area contributed by atoms with Crippen molar-refractivity contribution >= 4 is 32.6 Å². The van der Waals surface area contributed by atoms with E-state index in [1.165, 1.54) is 0 Å². The zero-order chi connectivity index (χ0) is 15.2. The van der Waals surface area contributed by atoms with Gasteiger partial charge in [-0.15, -0.1) is 0 Å². The standard InChI is InChI=1S/C17H20BrNO2/c1-3-15(4-2)19-17(20)11-21-16-8-6-12-9-14(18)7-5-13(12)10-16/h5-10,15H,3-4,11H2,1-2H3,(H,19,20). The van der Waals surface area contributed by atoms with Gasteiger partial charge in [-0.3, -0.25) is 4.79 Å². The van der Waals surface area contributed by atoms with Gasteiger partial charge >= 0.3 is 0 Å². The highest BCUT2D eigenvalue weighted by atomic mass is 79.9. The number of carbonyl (C=O) groups is 1. The first kappa shape index (κ1) is 15.8. The maximum atomic E-state index is 11.8. The van der Waals surface area contributed by atoms with Crippen molar-refractivity contribution in [3.63, 3.8) is 0 Å². The monoisotopic (exact) mass is 349 g/mol. The van der Waals surface area contributed by atoms with Crippen LogP contribution in [-0.2, 0) is 4.79 Å². The lowest BCUT2D eigenvalue weighted by atomic mass is 10.1. The van der Waals surface area contributed by atoms with Crippen LogP contribution in [0.25, 0.3) is 10.8 Å². The number of benzene rings is 2. The summed E-state index contributed by atoms with van der Waals surface area (Å²) in [5, 5.41) is 5.19. The number of hydrogen-bond acceptors (Lipinski definition) is 2. The number of carbonyl (C=O) groups excluding carboxylic acids is 1. The lowest BCUT2D eigenvalue weighted by Gasteiger charge is -2.15. The second kappa shape index (κ2) is 7.46. The van der Waals surface area contributed by atoms with Crippen LogP contribution in [0.3, 0.4) is 0 Å². The van der Waals surface area contributed by atoms with Gasteiger partial charge in [-0.2, -0.15) is 0 Å². The van der Waals surface area contributed by atoms with Gasteiger partial charge in [0.2, 0.25) is 0 Å². The Morgan fingerprint density at radius 1 is 1.14 bits per heavy atom. The average Bonchev–Trinajstić information content (AvgIpc) is 2.50. The van der Waals surface area contributed by atoms with Crippen molar-refractivity contribution in [3.8, 4) is 5.75 Å². The van der Waals surface area contributed by atoms with Crippen molar-refractivity contribution in [2.24, 2.45) is 0 Å². The lowest BCUT2D eigenvalue weighted by Crippen LogP contribution is -2.37. The van der Waals surface area contributed by atoms with Crippen molar-refractivity contribution in [1.82, 2.24) is 5.32 Å². The maximum Gasteiger partial charge on any atom is 0.258 e. The lowest BCUT2D eigenvalue weighted by molar-refractivity contribution is -0.123. The molecule has 0 spiro atoms. The molecule has 0 fully saturated rings. The molecule has 0 heterocycles. The number of nitrogens with one attached hydrogen (secondary N) is 1. The Morgan fingerprint density at radius 2 is 1.81 bits per heavy atom. The molecule has 0 radical (unpaired) electrons. The molecule has 3 nitrogen and oxygen atoms in total. The van der Waals surface area contributed by atoms with Crippen LogP contribution >= 0.6 is 15.9 Å². The van der Waals surface area contributed by atoms with E-state index in [1.54, 1.807) is 0 Å². The van der Waals surface area contributed by atoms with Crippen LogP contribution in [0.4, 0.5) is 0 Å². The molecular weight excluding hydrogens is 330 g/mol. The van der Waals surface area contributed by atoms with E-state index in [4.69, 9.17) is 4.74 Å². The number of ether oxygens (including phenoxy) is 1. The molecule has 0 aliphatic rings. The number of amides is 1. The average molecular weight is 350 g/mol. The summed E-state index contributed by atoms with van der Waals surface area (Å²) < 4.78 is 6.62. The van der Waals surface area contributed by atoms with Gasteiger partial charge in [0.25, 0.3) is 5.91 Å². The predicted molar refractivity (Wildman–Crippen MR) is 89.7 cm³/mol. The fourth-order valence-corrected chi connectivity index (χ4v) is 2.57. The van der Waals surface area contributed by atoms with E-state index >= 15 is 0 Å². The van der Waals surface area contributed by atoms with E-state index in [9.17, 15) is 4.79 Å². The zero-order valence-electron chi connectivity index (χ0n) is 12.4. The fourth-order valence-electron chi connectivity index (χ4n) is 2.20. The normalized spacial score (nSPS) is 10.9. The topological polar surface area (TPSA) is 38.3 Å².